The molecule has 84 valence electrons. The average Bonchev–Trinajstić information content (AvgIpc) is 2.20. The molecule has 1 aromatic carbocycles. The fourth-order valence-corrected chi connectivity index (χ4v) is 1.41. The van der Waals surface area contributed by atoms with E-state index in [9.17, 15) is 8.78 Å². The molecule has 0 aliphatic heterocycles. The lowest BCUT2D eigenvalue weighted by Gasteiger charge is -2.21. The van der Waals surface area contributed by atoms with Crippen LogP contribution in [0.25, 0.3) is 0 Å². The Kier molecular flexibility index (Phi) is 3.60. The number of aliphatic hydroxyl groups excluding tert-OH is 1. The van der Waals surface area contributed by atoms with Crippen LogP contribution >= 0.6 is 0 Å². The minimum atomic E-state index is -0.943. The summed E-state index contributed by atoms with van der Waals surface area (Å²) in [5.74, 6) is -1.87. The average molecular weight is 216 g/mol. The van der Waals surface area contributed by atoms with Gasteiger partial charge in [0.25, 0.3) is 0 Å². The van der Waals surface area contributed by atoms with Crippen LogP contribution < -0.4 is 10.6 Å². The van der Waals surface area contributed by atoms with Gasteiger partial charge in [-0.25, -0.2) is 8.78 Å². The monoisotopic (exact) mass is 216 g/mol. The normalized spacial score (nSPS) is 12.7. The van der Waals surface area contributed by atoms with Crippen molar-refractivity contribution in [3.8, 4) is 0 Å². The Bertz CT molecular complexity index is 356. The standard InChI is InChI=1S/C10H14F2N2O/c1-14(2)10-6(8(13)5-15)3-4-7(11)9(10)12/h3-4,8,15H,5,13H2,1-2H3/t8-/m1/s1. The minimum Gasteiger partial charge on any atom is -0.394 e. The number of benzene rings is 1. The molecule has 5 heteroatoms. The van der Waals surface area contributed by atoms with Gasteiger partial charge in [-0.3, -0.25) is 0 Å². The lowest BCUT2D eigenvalue weighted by atomic mass is 10.0. The fraction of sp³-hybridized carbons (Fsp3) is 0.400. The molecular weight excluding hydrogens is 202 g/mol. The van der Waals surface area contributed by atoms with Crippen molar-refractivity contribution in [3.05, 3.63) is 29.3 Å². The van der Waals surface area contributed by atoms with Crippen LogP contribution in [0, 0.1) is 11.6 Å². The summed E-state index contributed by atoms with van der Waals surface area (Å²) < 4.78 is 26.4. The van der Waals surface area contributed by atoms with Crippen molar-refractivity contribution in [1.82, 2.24) is 0 Å². The third-order valence-corrected chi connectivity index (χ3v) is 2.14. The van der Waals surface area contributed by atoms with Gasteiger partial charge in [-0.1, -0.05) is 6.07 Å². The smallest absolute Gasteiger partial charge is 0.182 e. The summed E-state index contributed by atoms with van der Waals surface area (Å²) in [4.78, 5) is 1.43. The first-order chi connectivity index (χ1) is 6.99. The molecule has 0 unspecified atom stereocenters. The first kappa shape index (κ1) is 11.9. The molecule has 3 N–H and O–H groups in total. The maximum atomic E-state index is 13.5. The van der Waals surface area contributed by atoms with Crippen LogP contribution in [0.15, 0.2) is 12.1 Å². The van der Waals surface area contributed by atoms with Crippen LogP contribution in [-0.4, -0.2) is 25.8 Å². The predicted molar refractivity (Wildman–Crippen MR) is 54.7 cm³/mol. The fourth-order valence-electron chi connectivity index (χ4n) is 1.41. The summed E-state index contributed by atoms with van der Waals surface area (Å²) in [7, 11) is 3.18. The second-order valence-corrected chi connectivity index (χ2v) is 3.48. The molecule has 0 aliphatic rings. The Hall–Kier alpha value is -1.20. The number of nitrogens with zero attached hydrogens (tertiary/aromatic N) is 1. The molecule has 0 aromatic heterocycles. The molecule has 0 spiro atoms. The zero-order valence-electron chi connectivity index (χ0n) is 8.67. The summed E-state index contributed by atoms with van der Waals surface area (Å²) in [5, 5.41) is 8.89. The third-order valence-electron chi connectivity index (χ3n) is 2.14. The van der Waals surface area contributed by atoms with E-state index in [1.54, 1.807) is 14.1 Å². The molecule has 1 aromatic rings. The molecule has 1 atom stereocenters. The first-order valence-corrected chi connectivity index (χ1v) is 4.50. The molecule has 0 saturated carbocycles. The number of nitrogens with two attached hydrogens (primary N) is 1. The lowest BCUT2D eigenvalue weighted by Crippen LogP contribution is -2.21. The molecule has 15 heavy (non-hydrogen) atoms. The van der Waals surface area contributed by atoms with Gasteiger partial charge in [0.2, 0.25) is 0 Å². The van der Waals surface area contributed by atoms with Crippen LogP contribution in [0.3, 0.4) is 0 Å². The van der Waals surface area contributed by atoms with Gasteiger partial charge in [0.1, 0.15) is 0 Å². The summed E-state index contributed by atoms with van der Waals surface area (Å²) in [6.07, 6.45) is 0. The van der Waals surface area contributed by atoms with Gasteiger partial charge in [-0.2, -0.15) is 0 Å². The Balaban J connectivity index is 3.33. The number of hydrogen-bond donors (Lipinski definition) is 2. The molecule has 0 heterocycles. The summed E-state index contributed by atoms with van der Waals surface area (Å²) in [6.45, 7) is -0.314. The van der Waals surface area contributed by atoms with E-state index in [1.807, 2.05) is 0 Å². The van der Waals surface area contributed by atoms with Crippen LogP contribution in [0.4, 0.5) is 14.5 Å². The van der Waals surface area contributed by atoms with Crippen LogP contribution in [0.1, 0.15) is 11.6 Å². The quantitative estimate of drug-likeness (QED) is 0.793. The molecule has 0 aliphatic carbocycles. The molecule has 0 radical (unpaired) electrons. The van der Waals surface area contributed by atoms with Gasteiger partial charge < -0.3 is 15.7 Å². The van der Waals surface area contributed by atoms with Crippen molar-refractivity contribution in [2.75, 3.05) is 25.6 Å². The highest BCUT2D eigenvalue weighted by atomic mass is 19.2. The summed E-state index contributed by atoms with van der Waals surface area (Å²) in [6, 6.07) is 1.68. The Labute approximate surface area is 87.1 Å². The topological polar surface area (TPSA) is 49.5 Å². The zero-order chi connectivity index (χ0) is 11.6. The molecule has 1 rings (SSSR count). The van der Waals surface area contributed by atoms with Crippen LogP contribution in [-0.2, 0) is 0 Å². The maximum absolute atomic E-state index is 13.5. The van der Waals surface area contributed by atoms with Gasteiger partial charge in [0.05, 0.1) is 18.3 Å². The highest BCUT2D eigenvalue weighted by Crippen LogP contribution is 2.28. The van der Waals surface area contributed by atoms with Gasteiger partial charge >= 0.3 is 0 Å². The summed E-state index contributed by atoms with van der Waals surface area (Å²) >= 11 is 0. The van der Waals surface area contributed by atoms with E-state index in [0.717, 1.165) is 6.07 Å². The predicted octanol–water partition coefficient (Wildman–Crippen LogP) is 1.02. The van der Waals surface area contributed by atoms with Crippen molar-refractivity contribution in [2.45, 2.75) is 6.04 Å². The Morgan fingerprint density at radius 1 is 1.40 bits per heavy atom. The van der Waals surface area contributed by atoms with Crippen molar-refractivity contribution >= 4 is 5.69 Å². The van der Waals surface area contributed by atoms with Gasteiger partial charge in [0.15, 0.2) is 11.6 Å². The molecular formula is C10H14F2N2O. The van der Waals surface area contributed by atoms with E-state index in [2.05, 4.69) is 0 Å². The SMILES string of the molecule is CN(C)c1c([C@H](N)CO)ccc(F)c1F. The number of hydrogen-bond acceptors (Lipinski definition) is 3. The van der Waals surface area contributed by atoms with E-state index in [4.69, 9.17) is 10.8 Å². The Morgan fingerprint density at radius 2 is 2.00 bits per heavy atom. The number of aliphatic hydroxyl groups is 1. The van der Waals surface area contributed by atoms with Crippen molar-refractivity contribution in [1.29, 1.82) is 0 Å². The molecule has 0 amide bonds. The molecule has 0 fully saturated rings. The van der Waals surface area contributed by atoms with Crippen molar-refractivity contribution in [3.63, 3.8) is 0 Å². The van der Waals surface area contributed by atoms with Gasteiger partial charge in [-0.15, -0.1) is 0 Å². The lowest BCUT2D eigenvalue weighted by molar-refractivity contribution is 0.268. The number of halogens is 2. The van der Waals surface area contributed by atoms with Crippen molar-refractivity contribution < 1.29 is 13.9 Å². The molecule has 0 saturated heterocycles. The van der Waals surface area contributed by atoms with Crippen molar-refractivity contribution in [2.24, 2.45) is 5.73 Å². The van der Waals surface area contributed by atoms with E-state index in [-0.39, 0.29) is 12.3 Å². The molecule has 0 bridgehead atoms. The van der Waals surface area contributed by atoms with Crippen LogP contribution in [0.2, 0.25) is 0 Å². The number of anilines is 1. The second kappa shape index (κ2) is 4.55. The number of rotatable bonds is 3. The highest BCUT2D eigenvalue weighted by molar-refractivity contribution is 5.55. The minimum absolute atomic E-state index is 0.0801. The van der Waals surface area contributed by atoms with Gasteiger partial charge in [-0.05, 0) is 11.6 Å². The van der Waals surface area contributed by atoms with Crippen LogP contribution in [0.5, 0.6) is 0 Å². The molecule has 3 nitrogen and oxygen atoms in total. The maximum Gasteiger partial charge on any atom is 0.182 e. The van der Waals surface area contributed by atoms with E-state index < -0.39 is 17.7 Å². The van der Waals surface area contributed by atoms with E-state index in [1.165, 1.54) is 11.0 Å². The summed E-state index contributed by atoms with van der Waals surface area (Å²) in [5.41, 5.74) is 6.06. The first-order valence-electron chi connectivity index (χ1n) is 4.50. The highest BCUT2D eigenvalue weighted by Gasteiger charge is 2.18. The largest absolute Gasteiger partial charge is 0.394 e. The Morgan fingerprint density at radius 3 is 2.47 bits per heavy atom. The van der Waals surface area contributed by atoms with E-state index >= 15 is 0 Å². The zero-order valence-corrected chi connectivity index (χ0v) is 8.67. The van der Waals surface area contributed by atoms with Gasteiger partial charge in [0, 0.05) is 14.1 Å². The third kappa shape index (κ3) is 2.24. The second-order valence-electron chi connectivity index (χ2n) is 3.48. The van der Waals surface area contributed by atoms with E-state index in [0.29, 0.717) is 5.56 Å².